The number of sulfone groups is 1. The quantitative estimate of drug-likeness (QED) is 0.750. The van der Waals surface area contributed by atoms with Gasteiger partial charge in [-0.05, 0) is 48.4 Å². The lowest BCUT2D eigenvalue weighted by atomic mass is 10.1. The van der Waals surface area contributed by atoms with Gasteiger partial charge in [0.1, 0.15) is 10.7 Å². The molecule has 0 amide bonds. The van der Waals surface area contributed by atoms with E-state index in [1.165, 1.54) is 6.20 Å². The number of benzene rings is 2. The molecule has 6 heteroatoms. The molecule has 0 radical (unpaired) electrons. The number of hydrogen-bond acceptors (Lipinski definition) is 3. The van der Waals surface area contributed by atoms with E-state index in [2.05, 4.69) is 4.98 Å². The maximum absolute atomic E-state index is 13.0. The summed E-state index contributed by atoms with van der Waals surface area (Å²) in [7, 11) is -4.01. The second-order valence-corrected chi connectivity index (χ2v) is 7.09. The van der Waals surface area contributed by atoms with Gasteiger partial charge in [0.05, 0.1) is 4.90 Å². The smallest absolute Gasteiger partial charge is 0.211 e. The molecule has 3 aromatic rings. The van der Waals surface area contributed by atoms with Crippen LogP contribution in [0.4, 0.5) is 4.39 Å². The minimum atomic E-state index is -4.01. The third-order valence-corrected chi connectivity index (χ3v) is 5.51. The molecule has 1 N–H and O–H groups in total. The Morgan fingerprint density at radius 3 is 2.43 bits per heavy atom. The Morgan fingerprint density at radius 1 is 1.09 bits per heavy atom. The molecule has 3 rings (SSSR count). The molecule has 0 atom stereocenters. The molecule has 2 aromatic carbocycles. The van der Waals surface area contributed by atoms with E-state index in [1.54, 1.807) is 12.1 Å². The molecule has 0 fully saturated rings. The highest BCUT2D eigenvalue weighted by Crippen LogP contribution is 2.20. The van der Waals surface area contributed by atoms with Gasteiger partial charge in [-0.3, -0.25) is 4.79 Å². The van der Waals surface area contributed by atoms with Crippen LogP contribution in [0.3, 0.4) is 0 Å². The Hall–Kier alpha value is -2.47. The van der Waals surface area contributed by atoms with E-state index >= 15 is 0 Å². The zero-order chi connectivity index (χ0) is 16.6. The highest BCUT2D eigenvalue weighted by atomic mass is 32.2. The van der Waals surface area contributed by atoms with Gasteiger partial charge in [0.25, 0.3) is 0 Å². The van der Waals surface area contributed by atoms with Gasteiger partial charge >= 0.3 is 0 Å². The Balaban J connectivity index is 2.25. The van der Waals surface area contributed by atoms with Gasteiger partial charge in [-0.1, -0.05) is 13.0 Å². The number of fused-ring (bicyclic) bond motifs is 1. The van der Waals surface area contributed by atoms with Crippen molar-refractivity contribution in [1.82, 2.24) is 4.98 Å². The first-order chi connectivity index (χ1) is 10.9. The van der Waals surface area contributed by atoms with E-state index in [4.69, 9.17) is 0 Å². The Bertz CT molecular complexity index is 1040. The van der Waals surface area contributed by atoms with E-state index < -0.39 is 21.1 Å². The van der Waals surface area contributed by atoms with Gasteiger partial charge < -0.3 is 4.98 Å². The minimum absolute atomic E-state index is 0.115. The fourth-order valence-corrected chi connectivity index (χ4v) is 3.72. The second kappa shape index (κ2) is 5.62. The van der Waals surface area contributed by atoms with Crippen LogP contribution in [0.25, 0.3) is 10.9 Å². The highest BCUT2D eigenvalue weighted by Gasteiger charge is 2.22. The summed E-state index contributed by atoms with van der Waals surface area (Å²) in [5.74, 6) is -0.538. The van der Waals surface area contributed by atoms with E-state index in [-0.39, 0.29) is 9.79 Å². The zero-order valence-corrected chi connectivity index (χ0v) is 13.2. The third-order valence-electron chi connectivity index (χ3n) is 3.73. The highest BCUT2D eigenvalue weighted by molar-refractivity contribution is 7.91. The number of nitrogens with one attached hydrogen (secondary N) is 1. The van der Waals surface area contributed by atoms with Crippen LogP contribution in [0.5, 0.6) is 0 Å². The van der Waals surface area contributed by atoms with E-state index in [0.29, 0.717) is 10.9 Å². The van der Waals surface area contributed by atoms with Crippen molar-refractivity contribution in [3.63, 3.8) is 0 Å². The fourth-order valence-electron chi connectivity index (χ4n) is 2.41. The summed E-state index contributed by atoms with van der Waals surface area (Å²) in [4.78, 5) is 15.0. The van der Waals surface area contributed by atoms with Gasteiger partial charge in [0.2, 0.25) is 15.3 Å². The van der Waals surface area contributed by atoms with Crippen molar-refractivity contribution >= 4 is 20.7 Å². The van der Waals surface area contributed by atoms with Gasteiger partial charge in [-0.25, -0.2) is 12.8 Å². The molecule has 0 spiro atoms. The van der Waals surface area contributed by atoms with Crippen LogP contribution >= 0.6 is 0 Å². The Morgan fingerprint density at radius 2 is 1.78 bits per heavy atom. The van der Waals surface area contributed by atoms with Crippen molar-refractivity contribution in [1.29, 1.82) is 0 Å². The zero-order valence-electron chi connectivity index (χ0n) is 12.3. The molecular formula is C17H14FNO3S. The molecule has 118 valence electrons. The minimum Gasteiger partial charge on any atom is -0.360 e. The van der Waals surface area contributed by atoms with Gasteiger partial charge in [0.15, 0.2) is 0 Å². The van der Waals surface area contributed by atoms with Crippen LogP contribution in [0, 0.1) is 5.82 Å². The fraction of sp³-hybridized carbons (Fsp3) is 0.118. The average Bonchev–Trinajstić information content (AvgIpc) is 2.55. The molecule has 0 bridgehead atoms. The molecule has 1 aromatic heterocycles. The summed E-state index contributed by atoms with van der Waals surface area (Å²) in [6.07, 6.45) is 1.93. The van der Waals surface area contributed by atoms with Gasteiger partial charge in [-0.2, -0.15) is 0 Å². The van der Waals surface area contributed by atoms with Crippen molar-refractivity contribution in [2.24, 2.45) is 0 Å². The molecule has 0 aliphatic heterocycles. The molecule has 0 saturated heterocycles. The lowest BCUT2D eigenvalue weighted by molar-refractivity contribution is 0.594. The molecule has 23 heavy (non-hydrogen) atoms. The van der Waals surface area contributed by atoms with Crippen molar-refractivity contribution in [2.75, 3.05) is 0 Å². The predicted molar refractivity (Wildman–Crippen MR) is 85.8 cm³/mol. The molecule has 0 aliphatic carbocycles. The molecule has 0 saturated carbocycles. The molecule has 1 heterocycles. The topological polar surface area (TPSA) is 67.0 Å². The van der Waals surface area contributed by atoms with E-state index in [0.717, 1.165) is 36.2 Å². The first-order valence-electron chi connectivity index (χ1n) is 7.08. The summed E-state index contributed by atoms with van der Waals surface area (Å²) in [5, 5.41) is 0.326. The number of aryl methyl sites for hydroxylation is 1. The lowest BCUT2D eigenvalue weighted by Gasteiger charge is -2.06. The number of aromatic nitrogens is 1. The Kier molecular flexibility index (Phi) is 3.77. The van der Waals surface area contributed by atoms with Crippen LogP contribution in [0.15, 0.2) is 63.2 Å². The standard InChI is InChI=1S/C17H14FNO3S/c1-2-11-3-8-15-14(9-11)17(20)16(10-19-15)23(21,22)13-6-4-12(18)5-7-13/h3-10H,2H2,1H3,(H,19,20). The van der Waals surface area contributed by atoms with E-state index in [9.17, 15) is 17.6 Å². The molecule has 4 nitrogen and oxygen atoms in total. The SMILES string of the molecule is CCc1ccc2[nH]cc(S(=O)(=O)c3ccc(F)cc3)c(=O)c2c1. The van der Waals surface area contributed by atoms with Crippen LogP contribution in [-0.2, 0) is 16.3 Å². The van der Waals surface area contributed by atoms with Crippen LogP contribution < -0.4 is 5.43 Å². The molecule has 0 aliphatic rings. The summed E-state index contributed by atoms with van der Waals surface area (Å²) in [6.45, 7) is 1.95. The second-order valence-electron chi connectivity index (χ2n) is 5.17. The summed E-state index contributed by atoms with van der Waals surface area (Å²) >= 11 is 0. The van der Waals surface area contributed by atoms with Crippen molar-refractivity contribution in [3.8, 4) is 0 Å². The predicted octanol–water partition coefficient (Wildman–Crippen LogP) is 3.06. The van der Waals surface area contributed by atoms with Crippen molar-refractivity contribution in [2.45, 2.75) is 23.1 Å². The normalized spacial score (nSPS) is 11.7. The monoisotopic (exact) mass is 331 g/mol. The first-order valence-corrected chi connectivity index (χ1v) is 8.57. The largest absolute Gasteiger partial charge is 0.360 e. The first kappa shape index (κ1) is 15.4. The summed E-state index contributed by atoms with van der Waals surface area (Å²) in [5.41, 5.74) is 0.961. The van der Waals surface area contributed by atoms with Crippen LogP contribution in [0.1, 0.15) is 12.5 Å². The van der Waals surface area contributed by atoms with Crippen LogP contribution in [0.2, 0.25) is 0 Å². The number of H-pyrrole nitrogens is 1. The summed E-state index contributed by atoms with van der Waals surface area (Å²) in [6, 6.07) is 9.73. The summed E-state index contributed by atoms with van der Waals surface area (Å²) < 4.78 is 38.2. The molecule has 0 unspecified atom stereocenters. The maximum atomic E-state index is 13.0. The third kappa shape index (κ3) is 2.66. The van der Waals surface area contributed by atoms with Gasteiger partial charge in [-0.15, -0.1) is 0 Å². The average molecular weight is 331 g/mol. The Labute approximate surface area is 132 Å². The van der Waals surface area contributed by atoms with Crippen molar-refractivity contribution in [3.05, 3.63) is 70.3 Å². The number of pyridine rings is 1. The lowest BCUT2D eigenvalue weighted by Crippen LogP contribution is -2.16. The maximum Gasteiger partial charge on any atom is 0.211 e. The van der Waals surface area contributed by atoms with Crippen LogP contribution in [-0.4, -0.2) is 13.4 Å². The van der Waals surface area contributed by atoms with Gasteiger partial charge in [0, 0.05) is 17.1 Å². The molecular weight excluding hydrogens is 317 g/mol. The number of aromatic amines is 1. The van der Waals surface area contributed by atoms with E-state index in [1.807, 2.05) is 13.0 Å². The number of rotatable bonds is 3. The number of hydrogen-bond donors (Lipinski definition) is 1. The van der Waals surface area contributed by atoms with Crippen molar-refractivity contribution < 1.29 is 12.8 Å². The number of halogens is 1.